The molecule has 0 aliphatic carbocycles. The van der Waals surface area contributed by atoms with Gasteiger partial charge in [0.25, 0.3) is 0 Å². The zero-order valence-corrected chi connectivity index (χ0v) is 9.12. The van der Waals surface area contributed by atoms with E-state index < -0.39 is 18.9 Å². The van der Waals surface area contributed by atoms with Crippen molar-refractivity contribution in [2.75, 3.05) is 0 Å². The Morgan fingerprint density at radius 1 is 1.28 bits per heavy atom. The van der Waals surface area contributed by atoms with Crippen LogP contribution in [0.4, 0.5) is 17.6 Å². The van der Waals surface area contributed by atoms with Gasteiger partial charge in [-0.1, -0.05) is 12.1 Å². The maximum atomic E-state index is 13.0. The van der Waals surface area contributed by atoms with Gasteiger partial charge in [-0.3, -0.25) is 4.79 Å². The topological polar surface area (TPSA) is 22.0 Å². The fourth-order valence-corrected chi connectivity index (χ4v) is 1.78. The van der Waals surface area contributed by atoms with E-state index in [-0.39, 0.29) is 0 Å². The fourth-order valence-electron chi connectivity index (χ4n) is 1.78. The summed E-state index contributed by atoms with van der Waals surface area (Å²) < 4.78 is 51.2. The van der Waals surface area contributed by atoms with Gasteiger partial charge in [0.05, 0.1) is 6.54 Å². The number of nitrogens with zero attached hydrogens (tertiary/aromatic N) is 1. The third-order valence-corrected chi connectivity index (χ3v) is 2.67. The number of benzene rings is 1. The van der Waals surface area contributed by atoms with Crippen molar-refractivity contribution in [1.82, 2.24) is 4.57 Å². The molecule has 0 saturated carbocycles. The Bertz CT molecular complexity index is 576. The number of fused-ring (bicyclic) bond motifs is 1. The van der Waals surface area contributed by atoms with Crippen LogP contribution in [0.2, 0.25) is 0 Å². The van der Waals surface area contributed by atoms with Crippen LogP contribution in [0.25, 0.3) is 10.9 Å². The van der Waals surface area contributed by atoms with Crippen molar-refractivity contribution in [2.24, 2.45) is 0 Å². The molecule has 18 heavy (non-hydrogen) atoms. The minimum atomic E-state index is -4.09. The van der Waals surface area contributed by atoms with Gasteiger partial charge in [0.15, 0.2) is 6.29 Å². The van der Waals surface area contributed by atoms with E-state index in [1.54, 1.807) is 0 Å². The quantitative estimate of drug-likeness (QED) is 0.609. The van der Waals surface area contributed by atoms with Gasteiger partial charge in [-0.2, -0.15) is 8.78 Å². The molecule has 0 aliphatic heterocycles. The van der Waals surface area contributed by atoms with Crippen LogP contribution in [0.3, 0.4) is 0 Å². The molecular weight excluding hydrogens is 250 g/mol. The van der Waals surface area contributed by atoms with E-state index in [1.807, 2.05) is 0 Å². The maximum absolute atomic E-state index is 13.0. The number of carbonyl (C=O) groups excluding carboxylic acids is 1. The third-order valence-electron chi connectivity index (χ3n) is 2.67. The number of rotatable bonds is 4. The Labute approximate surface area is 99.8 Å². The van der Waals surface area contributed by atoms with Crippen molar-refractivity contribution in [3.05, 3.63) is 36.0 Å². The Hall–Kier alpha value is -1.85. The highest BCUT2D eigenvalue weighted by molar-refractivity contribution is 5.97. The van der Waals surface area contributed by atoms with Crippen molar-refractivity contribution in [3.8, 4) is 0 Å². The van der Waals surface area contributed by atoms with E-state index in [4.69, 9.17) is 0 Å². The van der Waals surface area contributed by atoms with Gasteiger partial charge in [-0.15, -0.1) is 0 Å². The molecule has 2 aromatic rings. The van der Waals surface area contributed by atoms with Crippen molar-refractivity contribution < 1.29 is 22.4 Å². The first-order chi connectivity index (χ1) is 8.45. The molecule has 0 spiro atoms. The molecular formula is C12H9F4NO. The summed E-state index contributed by atoms with van der Waals surface area (Å²) in [5.41, 5.74) is 0.673. The molecule has 0 saturated heterocycles. The molecule has 2 rings (SSSR count). The monoisotopic (exact) mass is 259 g/mol. The first-order valence-corrected chi connectivity index (χ1v) is 5.15. The SMILES string of the molecule is O=Cc1cccc2c1ccn2CC(F)(F)C(F)F. The van der Waals surface area contributed by atoms with E-state index in [0.29, 0.717) is 22.8 Å². The van der Waals surface area contributed by atoms with Crippen molar-refractivity contribution >= 4 is 17.2 Å². The average Bonchev–Trinajstić information content (AvgIpc) is 2.71. The summed E-state index contributed by atoms with van der Waals surface area (Å²) >= 11 is 0. The molecule has 0 radical (unpaired) electrons. The Kier molecular flexibility index (Phi) is 3.11. The van der Waals surface area contributed by atoms with Gasteiger partial charge in [-0.05, 0) is 12.1 Å². The third kappa shape index (κ3) is 2.10. The molecule has 0 fully saturated rings. The van der Waals surface area contributed by atoms with Crippen LogP contribution in [0.15, 0.2) is 30.5 Å². The summed E-state index contributed by atoms with van der Waals surface area (Å²) in [4.78, 5) is 10.7. The van der Waals surface area contributed by atoms with E-state index in [0.717, 1.165) is 4.57 Å². The second-order valence-corrected chi connectivity index (χ2v) is 3.90. The summed E-state index contributed by atoms with van der Waals surface area (Å²) in [6, 6.07) is 6.01. The summed E-state index contributed by atoms with van der Waals surface area (Å²) in [6.45, 7) is -1.11. The molecule has 2 nitrogen and oxygen atoms in total. The van der Waals surface area contributed by atoms with E-state index >= 15 is 0 Å². The summed E-state index contributed by atoms with van der Waals surface area (Å²) in [7, 11) is 0. The van der Waals surface area contributed by atoms with Crippen LogP contribution in [0.5, 0.6) is 0 Å². The minimum absolute atomic E-state index is 0.333. The number of aromatic nitrogens is 1. The van der Waals surface area contributed by atoms with Crippen molar-refractivity contribution in [1.29, 1.82) is 0 Å². The lowest BCUT2D eigenvalue weighted by molar-refractivity contribution is -0.137. The van der Waals surface area contributed by atoms with Crippen LogP contribution in [0, 0.1) is 0 Å². The average molecular weight is 259 g/mol. The van der Waals surface area contributed by atoms with Crippen LogP contribution >= 0.6 is 0 Å². The molecule has 1 aromatic heterocycles. The number of halogens is 4. The van der Waals surface area contributed by atoms with Crippen LogP contribution in [-0.2, 0) is 6.54 Å². The Morgan fingerprint density at radius 2 is 2.00 bits per heavy atom. The summed E-state index contributed by atoms with van der Waals surface area (Å²) in [6.07, 6.45) is -1.85. The molecule has 96 valence electrons. The van der Waals surface area contributed by atoms with Gasteiger partial charge in [0, 0.05) is 22.7 Å². The Morgan fingerprint density at radius 3 is 2.61 bits per heavy atom. The van der Waals surface area contributed by atoms with Gasteiger partial charge < -0.3 is 4.57 Å². The predicted molar refractivity (Wildman–Crippen MR) is 58.3 cm³/mol. The molecule has 0 unspecified atom stereocenters. The standard InChI is InChI=1S/C12H9F4NO/c13-11(14)12(15,16)7-17-5-4-9-8(6-18)2-1-3-10(9)17/h1-6,11H,7H2. The zero-order valence-electron chi connectivity index (χ0n) is 9.12. The van der Waals surface area contributed by atoms with Gasteiger partial charge in [0.1, 0.15) is 0 Å². The molecule has 0 aliphatic rings. The van der Waals surface area contributed by atoms with E-state index in [2.05, 4.69) is 0 Å². The number of hydrogen-bond acceptors (Lipinski definition) is 1. The highest BCUT2D eigenvalue weighted by atomic mass is 19.3. The smallest absolute Gasteiger partial charge is 0.324 e. The molecule has 6 heteroatoms. The zero-order chi connectivity index (χ0) is 13.3. The lowest BCUT2D eigenvalue weighted by Gasteiger charge is -2.16. The molecule has 0 N–H and O–H groups in total. The second-order valence-electron chi connectivity index (χ2n) is 3.90. The van der Waals surface area contributed by atoms with Crippen molar-refractivity contribution in [2.45, 2.75) is 18.9 Å². The van der Waals surface area contributed by atoms with Gasteiger partial charge in [0.2, 0.25) is 0 Å². The number of aldehydes is 1. The normalized spacial score (nSPS) is 12.3. The molecule has 0 bridgehead atoms. The van der Waals surface area contributed by atoms with E-state index in [9.17, 15) is 22.4 Å². The largest absolute Gasteiger partial charge is 0.341 e. The van der Waals surface area contributed by atoms with Crippen LogP contribution in [0.1, 0.15) is 10.4 Å². The minimum Gasteiger partial charge on any atom is -0.341 e. The summed E-state index contributed by atoms with van der Waals surface area (Å²) in [5.74, 6) is -4.09. The van der Waals surface area contributed by atoms with Crippen LogP contribution < -0.4 is 0 Å². The number of alkyl halides is 4. The lowest BCUT2D eigenvalue weighted by atomic mass is 10.1. The van der Waals surface area contributed by atoms with Crippen molar-refractivity contribution in [3.63, 3.8) is 0 Å². The fraction of sp³-hybridized carbons (Fsp3) is 0.250. The number of carbonyl (C=O) groups is 1. The first kappa shape index (κ1) is 12.6. The molecule has 0 atom stereocenters. The highest BCUT2D eigenvalue weighted by Crippen LogP contribution is 2.28. The van der Waals surface area contributed by atoms with Gasteiger partial charge >= 0.3 is 12.3 Å². The number of hydrogen-bond donors (Lipinski definition) is 0. The molecule has 0 amide bonds. The lowest BCUT2D eigenvalue weighted by Crippen LogP contribution is -2.31. The first-order valence-electron chi connectivity index (χ1n) is 5.15. The summed E-state index contributed by atoms with van der Waals surface area (Å²) in [5, 5.41) is 0.470. The maximum Gasteiger partial charge on any atom is 0.324 e. The molecule has 1 heterocycles. The highest BCUT2D eigenvalue weighted by Gasteiger charge is 2.41. The molecule has 1 aromatic carbocycles. The second kappa shape index (κ2) is 4.44. The Balaban J connectivity index is 2.45. The predicted octanol–water partition coefficient (Wildman–Crippen LogP) is 3.35. The van der Waals surface area contributed by atoms with E-state index in [1.165, 1.54) is 30.5 Å². The van der Waals surface area contributed by atoms with Gasteiger partial charge in [-0.25, -0.2) is 8.78 Å². The van der Waals surface area contributed by atoms with Crippen LogP contribution in [-0.4, -0.2) is 23.2 Å².